The van der Waals surface area contributed by atoms with Crippen LogP contribution in [0.1, 0.15) is 45.2 Å². The van der Waals surface area contributed by atoms with Gasteiger partial charge in [0, 0.05) is 16.6 Å². The van der Waals surface area contributed by atoms with Crippen molar-refractivity contribution in [3.8, 4) is 0 Å². The lowest BCUT2D eigenvalue weighted by atomic mass is 10.1. The van der Waals surface area contributed by atoms with Crippen LogP contribution in [0.4, 0.5) is 5.69 Å². The summed E-state index contributed by atoms with van der Waals surface area (Å²) in [6.07, 6.45) is 0.363. The van der Waals surface area contributed by atoms with Crippen molar-refractivity contribution in [3.63, 3.8) is 0 Å². The molecule has 0 unspecified atom stereocenters. The number of rotatable bonds is 10. The summed E-state index contributed by atoms with van der Waals surface area (Å²) in [6, 6.07) is 21.9. The van der Waals surface area contributed by atoms with Gasteiger partial charge >= 0.3 is 0 Å². The summed E-state index contributed by atoms with van der Waals surface area (Å²) in [7, 11) is -4.11. The molecule has 0 bridgehead atoms. The molecule has 2 amide bonds. The third-order valence-corrected chi connectivity index (χ3v) is 8.35. The smallest absolute Gasteiger partial charge is 0.264 e. The lowest BCUT2D eigenvalue weighted by molar-refractivity contribution is -0.141. The number of benzene rings is 3. The number of aryl methyl sites for hydroxylation is 1. The molecule has 0 aromatic heterocycles. The topological polar surface area (TPSA) is 86.8 Å². The third-order valence-electron chi connectivity index (χ3n) is 6.06. The number of amides is 2. The molecule has 1 atom stereocenters. The van der Waals surface area contributed by atoms with Gasteiger partial charge in [-0.15, -0.1) is 0 Å². The number of halogens is 1. The molecule has 9 heteroatoms. The van der Waals surface area contributed by atoms with Gasteiger partial charge in [-0.05, 0) is 70.0 Å². The van der Waals surface area contributed by atoms with Gasteiger partial charge < -0.3 is 10.2 Å². The first-order valence-corrected chi connectivity index (χ1v) is 15.1. The van der Waals surface area contributed by atoms with Crippen LogP contribution in [-0.2, 0) is 26.2 Å². The molecule has 0 aliphatic rings. The molecule has 0 aliphatic carbocycles. The summed E-state index contributed by atoms with van der Waals surface area (Å²) in [5.41, 5.74) is 1.60. The van der Waals surface area contributed by atoms with E-state index in [2.05, 4.69) is 21.2 Å². The van der Waals surface area contributed by atoms with Crippen molar-refractivity contribution >= 4 is 43.5 Å². The maximum atomic E-state index is 14.0. The predicted molar refractivity (Wildman–Crippen MR) is 159 cm³/mol. The zero-order chi connectivity index (χ0) is 28.8. The lowest BCUT2D eigenvalue weighted by Crippen LogP contribution is -2.55. The highest BCUT2D eigenvalue weighted by atomic mass is 79.9. The predicted octanol–water partition coefficient (Wildman–Crippen LogP) is 5.67. The second kappa shape index (κ2) is 12.8. The summed E-state index contributed by atoms with van der Waals surface area (Å²) in [5.74, 6) is -0.768. The van der Waals surface area contributed by atoms with E-state index in [4.69, 9.17) is 0 Å². The first-order valence-electron chi connectivity index (χ1n) is 12.8. The van der Waals surface area contributed by atoms with E-state index in [-0.39, 0.29) is 17.3 Å². The molecule has 0 heterocycles. The molecular formula is C30H36BrN3O4S. The molecule has 0 aliphatic heterocycles. The quantitative estimate of drug-likeness (QED) is 0.319. The summed E-state index contributed by atoms with van der Waals surface area (Å²) >= 11 is 3.41. The van der Waals surface area contributed by atoms with Gasteiger partial charge in [0.25, 0.3) is 10.0 Å². The van der Waals surface area contributed by atoms with Gasteiger partial charge in [0.05, 0.1) is 10.6 Å². The number of carbonyl (C=O) groups excluding carboxylic acids is 2. The van der Waals surface area contributed by atoms with Crippen LogP contribution in [0.25, 0.3) is 0 Å². The lowest BCUT2D eigenvalue weighted by Gasteiger charge is -2.34. The van der Waals surface area contributed by atoms with E-state index in [1.165, 1.54) is 17.0 Å². The molecule has 0 saturated carbocycles. The molecule has 1 N–H and O–H groups in total. The highest BCUT2D eigenvalue weighted by Crippen LogP contribution is 2.27. The second-order valence-corrected chi connectivity index (χ2v) is 13.3. The van der Waals surface area contributed by atoms with Crippen molar-refractivity contribution in [2.24, 2.45) is 0 Å². The molecule has 0 spiro atoms. The fourth-order valence-electron chi connectivity index (χ4n) is 4.15. The van der Waals surface area contributed by atoms with Crippen LogP contribution in [0.15, 0.2) is 88.2 Å². The van der Waals surface area contributed by atoms with Crippen molar-refractivity contribution in [1.82, 2.24) is 10.2 Å². The van der Waals surface area contributed by atoms with Crippen LogP contribution in [-0.4, -0.2) is 43.3 Å². The first-order chi connectivity index (χ1) is 18.3. The number of hydrogen-bond acceptors (Lipinski definition) is 4. The average Bonchev–Trinajstić information content (AvgIpc) is 2.86. The number of anilines is 1. The van der Waals surface area contributed by atoms with Crippen LogP contribution >= 0.6 is 15.9 Å². The van der Waals surface area contributed by atoms with Gasteiger partial charge in [0.15, 0.2) is 0 Å². The molecule has 0 saturated heterocycles. The molecule has 39 heavy (non-hydrogen) atoms. The van der Waals surface area contributed by atoms with E-state index < -0.39 is 34.1 Å². The van der Waals surface area contributed by atoms with Gasteiger partial charge in [0.2, 0.25) is 11.8 Å². The Morgan fingerprint density at radius 3 is 2.15 bits per heavy atom. The Kier molecular flexibility index (Phi) is 9.96. The van der Waals surface area contributed by atoms with Crippen LogP contribution in [0.3, 0.4) is 0 Å². The van der Waals surface area contributed by atoms with Gasteiger partial charge in [-0.3, -0.25) is 13.9 Å². The van der Waals surface area contributed by atoms with Crippen molar-refractivity contribution < 1.29 is 18.0 Å². The van der Waals surface area contributed by atoms with E-state index in [1.54, 1.807) is 36.4 Å². The summed E-state index contributed by atoms with van der Waals surface area (Å²) in [5, 5.41) is 2.97. The Morgan fingerprint density at radius 2 is 1.59 bits per heavy atom. The fraction of sp³-hybridized carbons (Fsp3) is 0.333. The standard InChI is InChI=1S/C30H36BrN3O4S/c1-6-27(29(36)32-30(3,4)5)33(20-23-11-8-7-9-12-23)28(35)21-34(25-14-10-13-24(31)19-25)39(37,38)26-17-15-22(2)16-18-26/h7-19,27H,6,20-21H2,1-5H3,(H,32,36)/t27-/m0/s1. The van der Waals surface area contributed by atoms with Gasteiger partial charge in [-0.1, -0.05) is 76.9 Å². The molecule has 208 valence electrons. The number of sulfonamides is 1. The van der Waals surface area contributed by atoms with E-state index in [1.807, 2.05) is 65.0 Å². The monoisotopic (exact) mass is 613 g/mol. The number of hydrogen-bond donors (Lipinski definition) is 1. The Bertz CT molecular complexity index is 1390. The largest absolute Gasteiger partial charge is 0.350 e. The Balaban J connectivity index is 2.06. The SMILES string of the molecule is CC[C@@H](C(=O)NC(C)(C)C)N(Cc1ccccc1)C(=O)CN(c1cccc(Br)c1)S(=O)(=O)c1ccc(C)cc1. The van der Waals surface area contributed by atoms with E-state index >= 15 is 0 Å². The first kappa shape index (κ1) is 30.4. The van der Waals surface area contributed by atoms with E-state index in [9.17, 15) is 18.0 Å². The zero-order valence-corrected chi connectivity index (χ0v) is 25.4. The van der Waals surface area contributed by atoms with Gasteiger partial charge in [-0.25, -0.2) is 8.42 Å². The molecule has 0 radical (unpaired) electrons. The third kappa shape index (κ3) is 8.16. The minimum atomic E-state index is -4.11. The minimum absolute atomic E-state index is 0.0769. The fourth-order valence-corrected chi connectivity index (χ4v) is 5.94. The molecule has 3 aromatic rings. The highest BCUT2D eigenvalue weighted by molar-refractivity contribution is 9.10. The van der Waals surface area contributed by atoms with E-state index in [0.717, 1.165) is 15.4 Å². The molecular weight excluding hydrogens is 578 g/mol. The van der Waals surface area contributed by atoms with E-state index in [0.29, 0.717) is 16.6 Å². The number of carbonyl (C=O) groups is 2. The average molecular weight is 615 g/mol. The Morgan fingerprint density at radius 1 is 0.949 bits per heavy atom. The molecule has 7 nitrogen and oxygen atoms in total. The van der Waals surface area contributed by atoms with Crippen LogP contribution in [0.2, 0.25) is 0 Å². The van der Waals surface area contributed by atoms with Crippen molar-refractivity contribution in [2.75, 3.05) is 10.8 Å². The molecule has 3 rings (SSSR count). The van der Waals surface area contributed by atoms with Crippen molar-refractivity contribution in [1.29, 1.82) is 0 Å². The molecule has 3 aromatic carbocycles. The Hall–Kier alpha value is -3.17. The van der Waals surface area contributed by atoms with Gasteiger partial charge in [0.1, 0.15) is 12.6 Å². The number of nitrogens with one attached hydrogen (secondary N) is 1. The van der Waals surface area contributed by atoms with Gasteiger partial charge in [-0.2, -0.15) is 0 Å². The zero-order valence-electron chi connectivity index (χ0n) is 23.0. The normalized spacial score (nSPS) is 12.5. The Labute approximate surface area is 240 Å². The van der Waals surface area contributed by atoms with Crippen molar-refractivity contribution in [3.05, 3.63) is 94.5 Å². The maximum Gasteiger partial charge on any atom is 0.264 e. The van der Waals surface area contributed by atoms with Crippen LogP contribution in [0.5, 0.6) is 0 Å². The number of nitrogens with zero attached hydrogens (tertiary/aromatic N) is 2. The summed E-state index contributed by atoms with van der Waals surface area (Å²) in [6.45, 7) is 9.04. The maximum absolute atomic E-state index is 14.0. The van der Waals surface area contributed by atoms with Crippen molar-refractivity contribution in [2.45, 2.75) is 64.1 Å². The van der Waals surface area contributed by atoms with Crippen LogP contribution < -0.4 is 9.62 Å². The second-order valence-electron chi connectivity index (χ2n) is 10.5. The molecule has 0 fully saturated rings. The summed E-state index contributed by atoms with van der Waals surface area (Å²) < 4.78 is 29.6. The highest BCUT2D eigenvalue weighted by Gasteiger charge is 2.34. The summed E-state index contributed by atoms with van der Waals surface area (Å²) in [4.78, 5) is 28.9. The minimum Gasteiger partial charge on any atom is -0.350 e. The van der Waals surface area contributed by atoms with Crippen LogP contribution in [0, 0.1) is 6.92 Å².